The first-order chi connectivity index (χ1) is 12.0. The van der Waals surface area contributed by atoms with E-state index in [1.54, 1.807) is 14.2 Å². The summed E-state index contributed by atoms with van der Waals surface area (Å²) in [5.74, 6) is 1.60. The van der Waals surface area contributed by atoms with Crippen LogP contribution in [0.3, 0.4) is 0 Å². The topological polar surface area (TPSA) is 88.8 Å². The van der Waals surface area contributed by atoms with Crippen molar-refractivity contribution in [2.75, 3.05) is 27.2 Å². The van der Waals surface area contributed by atoms with Crippen LogP contribution in [0.1, 0.15) is 19.5 Å². The van der Waals surface area contributed by atoms with Crippen molar-refractivity contribution >= 4 is 22.4 Å². The Kier molecular flexibility index (Phi) is 4.94. The summed E-state index contributed by atoms with van der Waals surface area (Å²) in [5, 5.41) is 8.29. The number of nitrogens with one attached hydrogen (secondary N) is 1. The number of nitrogens with zero attached hydrogens (tertiary/aromatic N) is 3. The smallest absolute Gasteiger partial charge is 0.125 e. The zero-order chi connectivity index (χ0) is 18.0. The predicted molar refractivity (Wildman–Crippen MR) is 99.8 cm³/mol. The number of hydrogen-bond donors (Lipinski definition) is 2. The zero-order valence-electron chi connectivity index (χ0n) is 15.1. The maximum absolute atomic E-state index is 6.35. The average Bonchev–Trinajstić information content (AvgIpc) is 3.01. The molecule has 0 aliphatic carbocycles. The molecule has 2 heterocycles. The highest BCUT2D eigenvalue weighted by molar-refractivity contribution is 6.01. The minimum absolute atomic E-state index is 0.158. The van der Waals surface area contributed by atoms with Gasteiger partial charge in [0.2, 0.25) is 0 Å². The molecule has 0 radical (unpaired) electrons. The van der Waals surface area contributed by atoms with Gasteiger partial charge in [-0.3, -0.25) is 10.1 Å². The molecule has 3 rings (SSSR count). The van der Waals surface area contributed by atoms with Crippen molar-refractivity contribution in [3.63, 3.8) is 0 Å². The molecule has 1 aliphatic heterocycles. The number of amidine groups is 1. The van der Waals surface area contributed by atoms with Gasteiger partial charge in [0.25, 0.3) is 0 Å². The predicted octanol–water partition coefficient (Wildman–Crippen LogP) is 2.01. The molecular weight excluding hydrogens is 318 g/mol. The fraction of sp³-hybridized carbons (Fsp3) is 0.444. The third kappa shape index (κ3) is 3.61. The van der Waals surface area contributed by atoms with Crippen LogP contribution >= 0.6 is 0 Å². The van der Waals surface area contributed by atoms with Crippen LogP contribution in [0.15, 0.2) is 29.3 Å². The fourth-order valence-corrected chi connectivity index (χ4v) is 3.21. The molecule has 0 saturated carbocycles. The molecule has 2 unspecified atom stereocenters. The first-order valence-corrected chi connectivity index (χ1v) is 8.38. The highest BCUT2D eigenvalue weighted by Gasteiger charge is 2.24. The SMILES string of the molecule is CN=C(C=C(N)c1n[nH]c2ccc(OC)cc12)N1CC(C)OC(C)C1. The lowest BCUT2D eigenvalue weighted by molar-refractivity contribution is -0.0477. The van der Waals surface area contributed by atoms with E-state index >= 15 is 0 Å². The molecule has 25 heavy (non-hydrogen) atoms. The number of ether oxygens (including phenoxy) is 2. The van der Waals surface area contributed by atoms with Gasteiger partial charge in [0.15, 0.2) is 0 Å². The highest BCUT2D eigenvalue weighted by Crippen LogP contribution is 2.25. The lowest BCUT2D eigenvalue weighted by atomic mass is 10.1. The van der Waals surface area contributed by atoms with E-state index in [0.29, 0.717) is 11.4 Å². The largest absolute Gasteiger partial charge is 0.497 e. The summed E-state index contributed by atoms with van der Waals surface area (Å²) in [5.41, 5.74) is 8.52. The van der Waals surface area contributed by atoms with Gasteiger partial charge in [0, 0.05) is 31.6 Å². The Balaban J connectivity index is 1.92. The van der Waals surface area contributed by atoms with Gasteiger partial charge in [-0.2, -0.15) is 5.10 Å². The summed E-state index contributed by atoms with van der Waals surface area (Å²) >= 11 is 0. The van der Waals surface area contributed by atoms with Gasteiger partial charge in [-0.05, 0) is 32.0 Å². The Labute approximate surface area is 147 Å². The molecule has 1 aromatic carbocycles. The number of aromatic amines is 1. The number of methoxy groups -OCH3 is 1. The third-order valence-electron chi connectivity index (χ3n) is 4.30. The molecule has 2 atom stereocenters. The third-order valence-corrected chi connectivity index (χ3v) is 4.30. The fourth-order valence-electron chi connectivity index (χ4n) is 3.21. The Morgan fingerprint density at radius 2 is 2.12 bits per heavy atom. The normalized spacial score (nSPS) is 22.5. The van der Waals surface area contributed by atoms with E-state index in [9.17, 15) is 0 Å². The maximum Gasteiger partial charge on any atom is 0.125 e. The van der Waals surface area contributed by atoms with Crippen molar-refractivity contribution in [3.05, 3.63) is 30.0 Å². The Morgan fingerprint density at radius 3 is 2.76 bits per heavy atom. The number of nitrogens with two attached hydrogens (primary N) is 1. The number of H-pyrrole nitrogens is 1. The highest BCUT2D eigenvalue weighted by atomic mass is 16.5. The van der Waals surface area contributed by atoms with Crippen molar-refractivity contribution < 1.29 is 9.47 Å². The van der Waals surface area contributed by atoms with E-state index in [0.717, 1.165) is 35.6 Å². The molecule has 134 valence electrons. The van der Waals surface area contributed by atoms with Crippen molar-refractivity contribution in [3.8, 4) is 5.75 Å². The second-order valence-corrected chi connectivity index (χ2v) is 6.33. The molecule has 3 N–H and O–H groups in total. The van der Waals surface area contributed by atoms with Gasteiger partial charge in [-0.1, -0.05) is 0 Å². The van der Waals surface area contributed by atoms with Crippen LogP contribution in [0, 0.1) is 0 Å². The van der Waals surface area contributed by atoms with Gasteiger partial charge in [-0.15, -0.1) is 0 Å². The Bertz CT molecular complexity index is 801. The number of aliphatic imine (C=N–C) groups is 1. The van der Waals surface area contributed by atoms with E-state index in [4.69, 9.17) is 15.2 Å². The number of aromatic nitrogens is 2. The minimum atomic E-state index is 0.158. The number of fused-ring (bicyclic) bond motifs is 1. The maximum atomic E-state index is 6.35. The van der Waals surface area contributed by atoms with Crippen LogP contribution < -0.4 is 10.5 Å². The van der Waals surface area contributed by atoms with E-state index in [1.807, 2.05) is 24.3 Å². The van der Waals surface area contributed by atoms with Gasteiger partial charge < -0.3 is 20.1 Å². The summed E-state index contributed by atoms with van der Waals surface area (Å²) in [4.78, 5) is 6.61. The average molecular weight is 343 g/mol. The molecule has 0 spiro atoms. The second kappa shape index (κ2) is 7.14. The van der Waals surface area contributed by atoms with Gasteiger partial charge >= 0.3 is 0 Å². The second-order valence-electron chi connectivity index (χ2n) is 6.33. The van der Waals surface area contributed by atoms with Crippen molar-refractivity contribution in [2.45, 2.75) is 26.1 Å². The van der Waals surface area contributed by atoms with Crippen LogP contribution in [0.2, 0.25) is 0 Å². The van der Waals surface area contributed by atoms with Gasteiger partial charge in [0.05, 0.1) is 30.5 Å². The number of hydrogen-bond acceptors (Lipinski definition) is 5. The number of benzene rings is 1. The molecule has 1 aromatic heterocycles. The van der Waals surface area contributed by atoms with Crippen LogP contribution in [0.5, 0.6) is 5.75 Å². The van der Waals surface area contributed by atoms with E-state index in [2.05, 4.69) is 33.9 Å². The van der Waals surface area contributed by atoms with Crippen LogP contribution in [-0.2, 0) is 4.74 Å². The molecular formula is C18H25N5O2. The molecule has 7 heteroatoms. The Hall–Kier alpha value is -2.54. The van der Waals surface area contributed by atoms with E-state index in [1.165, 1.54) is 0 Å². The summed E-state index contributed by atoms with van der Waals surface area (Å²) in [6.07, 6.45) is 2.19. The van der Waals surface area contributed by atoms with Crippen molar-refractivity contribution in [2.24, 2.45) is 10.7 Å². The van der Waals surface area contributed by atoms with E-state index in [-0.39, 0.29) is 12.2 Å². The summed E-state index contributed by atoms with van der Waals surface area (Å²) in [6, 6.07) is 5.74. The standard InChI is InChI=1S/C18H25N5O2/c1-11-9-23(10-12(2)25-11)17(20-3)8-15(19)18-14-7-13(24-4)5-6-16(14)21-22-18/h5-8,11-12H,9-10,19H2,1-4H3,(H,21,22). The van der Waals surface area contributed by atoms with Crippen molar-refractivity contribution in [1.82, 2.24) is 15.1 Å². The monoisotopic (exact) mass is 343 g/mol. The molecule has 0 bridgehead atoms. The molecule has 0 amide bonds. The summed E-state index contributed by atoms with van der Waals surface area (Å²) in [6.45, 7) is 5.71. The van der Waals surface area contributed by atoms with Crippen LogP contribution in [0.4, 0.5) is 0 Å². The minimum Gasteiger partial charge on any atom is -0.497 e. The first-order valence-electron chi connectivity index (χ1n) is 8.38. The summed E-state index contributed by atoms with van der Waals surface area (Å²) < 4.78 is 11.1. The van der Waals surface area contributed by atoms with Crippen LogP contribution in [-0.4, -0.2) is 60.4 Å². The quantitative estimate of drug-likeness (QED) is 0.657. The molecule has 1 fully saturated rings. The lowest BCUT2D eigenvalue weighted by Gasteiger charge is -2.36. The van der Waals surface area contributed by atoms with Gasteiger partial charge in [0.1, 0.15) is 17.3 Å². The number of rotatable bonds is 3. The van der Waals surface area contributed by atoms with Gasteiger partial charge in [-0.25, -0.2) is 0 Å². The molecule has 7 nitrogen and oxygen atoms in total. The number of morpholine rings is 1. The van der Waals surface area contributed by atoms with E-state index < -0.39 is 0 Å². The van der Waals surface area contributed by atoms with Crippen LogP contribution in [0.25, 0.3) is 16.6 Å². The van der Waals surface area contributed by atoms with Crippen molar-refractivity contribution in [1.29, 1.82) is 0 Å². The molecule has 2 aromatic rings. The zero-order valence-corrected chi connectivity index (χ0v) is 15.1. The summed E-state index contributed by atoms with van der Waals surface area (Å²) in [7, 11) is 3.41. The first kappa shape index (κ1) is 17.3. The molecule has 1 saturated heterocycles. The molecule has 1 aliphatic rings. The Morgan fingerprint density at radius 1 is 1.40 bits per heavy atom. The lowest BCUT2D eigenvalue weighted by Crippen LogP contribution is -2.47.